The fraction of sp³-hybridized carbons (Fsp3) is 0.476. The van der Waals surface area contributed by atoms with Crippen LogP contribution in [0.25, 0.3) is 21.9 Å². The van der Waals surface area contributed by atoms with Gasteiger partial charge in [-0.25, -0.2) is 14.8 Å². The second-order valence-electron chi connectivity index (χ2n) is 7.32. The monoisotopic (exact) mass is 430 g/mol. The highest BCUT2D eigenvalue weighted by molar-refractivity contribution is 6.06. The Morgan fingerprint density at radius 2 is 2.13 bits per heavy atom. The van der Waals surface area contributed by atoms with Gasteiger partial charge in [0.25, 0.3) is 0 Å². The van der Waals surface area contributed by atoms with Gasteiger partial charge in [0.1, 0.15) is 30.3 Å². The molecule has 0 unspecified atom stereocenters. The SMILES string of the molecule is CCOCc1nc2c(N)nc3cc(OCCNC(=O)NC(C)C)ccc3c2n1CCO. The number of pyridine rings is 1. The van der Waals surface area contributed by atoms with Crippen LogP contribution < -0.4 is 21.1 Å². The van der Waals surface area contributed by atoms with E-state index in [2.05, 4.69) is 20.6 Å². The van der Waals surface area contributed by atoms with Crippen LogP contribution >= 0.6 is 0 Å². The van der Waals surface area contributed by atoms with Crippen LogP contribution in [-0.2, 0) is 17.9 Å². The van der Waals surface area contributed by atoms with Gasteiger partial charge >= 0.3 is 6.03 Å². The number of ether oxygens (including phenoxy) is 2. The van der Waals surface area contributed by atoms with Crippen LogP contribution in [0.2, 0.25) is 0 Å². The zero-order chi connectivity index (χ0) is 22.4. The molecular weight excluding hydrogens is 400 g/mol. The smallest absolute Gasteiger partial charge is 0.315 e. The van der Waals surface area contributed by atoms with Gasteiger partial charge in [-0.2, -0.15) is 0 Å². The van der Waals surface area contributed by atoms with Crippen molar-refractivity contribution in [2.24, 2.45) is 0 Å². The number of fused-ring (bicyclic) bond motifs is 3. The van der Waals surface area contributed by atoms with E-state index in [9.17, 15) is 9.90 Å². The zero-order valence-corrected chi connectivity index (χ0v) is 18.1. The van der Waals surface area contributed by atoms with E-state index in [1.54, 1.807) is 6.07 Å². The van der Waals surface area contributed by atoms with Crippen LogP contribution in [0.5, 0.6) is 5.75 Å². The summed E-state index contributed by atoms with van der Waals surface area (Å²) >= 11 is 0. The topological polar surface area (TPSA) is 137 Å². The van der Waals surface area contributed by atoms with Crippen LogP contribution in [0.1, 0.15) is 26.6 Å². The van der Waals surface area contributed by atoms with E-state index >= 15 is 0 Å². The number of amides is 2. The van der Waals surface area contributed by atoms with E-state index in [1.807, 2.05) is 37.5 Å². The zero-order valence-electron chi connectivity index (χ0n) is 18.1. The molecule has 10 nitrogen and oxygen atoms in total. The number of aromatic nitrogens is 3. The van der Waals surface area contributed by atoms with Crippen molar-refractivity contribution in [2.45, 2.75) is 40.0 Å². The van der Waals surface area contributed by atoms with Gasteiger partial charge in [0.2, 0.25) is 0 Å². The van der Waals surface area contributed by atoms with Crippen molar-refractivity contribution in [1.29, 1.82) is 0 Å². The number of anilines is 1. The number of hydrogen-bond acceptors (Lipinski definition) is 7. The molecule has 168 valence electrons. The Labute approximate surface area is 180 Å². The molecule has 0 radical (unpaired) electrons. The van der Waals surface area contributed by atoms with Crippen LogP contribution in [0.15, 0.2) is 18.2 Å². The summed E-state index contributed by atoms with van der Waals surface area (Å²) in [6.07, 6.45) is 0. The highest BCUT2D eigenvalue weighted by atomic mass is 16.5. The normalized spacial score (nSPS) is 11.4. The molecular formula is C21H30N6O4. The van der Waals surface area contributed by atoms with E-state index in [-0.39, 0.29) is 18.7 Å². The van der Waals surface area contributed by atoms with E-state index < -0.39 is 0 Å². The predicted octanol–water partition coefficient (Wildman–Crippen LogP) is 1.78. The number of benzene rings is 1. The second-order valence-corrected chi connectivity index (χ2v) is 7.32. The summed E-state index contributed by atoms with van der Waals surface area (Å²) in [4.78, 5) is 20.7. The quantitative estimate of drug-likeness (QED) is 0.360. The van der Waals surface area contributed by atoms with Crippen molar-refractivity contribution in [1.82, 2.24) is 25.2 Å². The van der Waals surface area contributed by atoms with Gasteiger partial charge in [0.15, 0.2) is 5.82 Å². The molecule has 3 rings (SSSR count). The lowest BCUT2D eigenvalue weighted by atomic mass is 10.1. The molecule has 0 bridgehead atoms. The summed E-state index contributed by atoms with van der Waals surface area (Å²) in [6, 6.07) is 5.39. The minimum absolute atomic E-state index is 0.0348. The number of imidazole rings is 1. The van der Waals surface area contributed by atoms with Crippen molar-refractivity contribution in [3.63, 3.8) is 0 Å². The maximum Gasteiger partial charge on any atom is 0.315 e. The molecule has 1 aromatic carbocycles. The average molecular weight is 431 g/mol. The maximum absolute atomic E-state index is 11.6. The largest absolute Gasteiger partial charge is 0.492 e. The Morgan fingerprint density at radius 3 is 2.84 bits per heavy atom. The molecule has 3 aromatic rings. The Balaban J connectivity index is 1.83. The van der Waals surface area contributed by atoms with Gasteiger partial charge < -0.3 is 35.5 Å². The molecule has 0 saturated carbocycles. The Kier molecular flexibility index (Phi) is 7.48. The standard InChI is InChI=1S/C21H30N6O4/c1-4-30-12-17-26-18-19(27(17)8-9-28)15-6-5-14(11-16(15)25-20(18)22)31-10-7-23-21(29)24-13(2)3/h5-6,11,13,28H,4,7-10,12H2,1-3H3,(H2,22,25)(H2,23,24,29). The molecule has 2 aromatic heterocycles. The second kappa shape index (κ2) is 10.3. The van der Waals surface area contributed by atoms with E-state index in [0.29, 0.717) is 61.3 Å². The predicted molar refractivity (Wildman–Crippen MR) is 119 cm³/mol. The van der Waals surface area contributed by atoms with Gasteiger partial charge in [-0.15, -0.1) is 0 Å². The maximum atomic E-state index is 11.6. The molecule has 0 aliphatic heterocycles. The van der Waals surface area contributed by atoms with E-state index in [1.165, 1.54) is 0 Å². The number of nitrogens with zero attached hydrogens (tertiary/aromatic N) is 3. The summed E-state index contributed by atoms with van der Waals surface area (Å²) in [7, 11) is 0. The molecule has 31 heavy (non-hydrogen) atoms. The molecule has 2 amide bonds. The van der Waals surface area contributed by atoms with Gasteiger partial charge in [-0.1, -0.05) is 0 Å². The molecule has 0 spiro atoms. The number of aliphatic hydroxyl groups is 1. The van der Waals surface area contributed by atoms with Crippen LogP contribution in [0.4, 0.5) is 10.6 Å². The highest BCUT2D eigenvalue weighted by Crippen LogP contribution is 2.31. The summed E-state index contributed by atoms with van der Waals surface area (Å²) in [5.74, 6) is 1.62. The third-order valence-electron chi connectivity index (χ3n) is 4.59. The number of carbonyl (C=O) groups excluding carboxylic acids is 1. The number of aliphatic hydroxyl groups excluding tert-OH is 1. The lowest BCUT2D eigenvalue weighted by Gasteiger charge is -2.12. The lowest BCUT2D eigenvalue weighted by molar-refractivity contribution is 0.125. The third-order valence-corrected chi connectivity index (χ3v) is 4.59. The average Bonchev–Trinajstić information content (AvgIpc) is 3.08. The molecule has 10 heteroatoms. The van der Waals surface area contributed by atoms with Crippen molar-refractivity contribution in [3.8, 4) is 5.75 Å². The molecule has 0 saturated heterocycles. The third kappa shape index (κ3) is 5.33. The summed E-state index contributed by atoms with van der Waals surface area (Å²) < 4.78 is 13.2. The number of nitrogen functional groups attached to an aromatic ring is 1. The molecule has 0 fully saturated rings. The molecule has 5 N–H and O–H groups in total. The van der Waals surface area contributed by atoms with Crippen molar-refractivity contribution < 1.29 is 19.4 Å². The molecule has 2 heterocycles. The fourth-order valence-corrected chi connectivity index (χ4v) is 3.32. The minimum Gasteiger partial charge on any atom is -0.492 e. The Morgan fingerprint density at radius 1 is 1.32 bits per heavy atom. The van der Waals surface area contributed by atoms with E-state index in [4.69, 9.17) is 15.2 Å². The number of carbonyl (C=O) groups is 1. The number of nitrogens with one attached hydrogen (secondary N) is 2. The van der Waals surface area contributed by atoms with Crippen LogP contribution in [0, 0.1) is 0 Å². The van der Waals surface area contributed by atoms with Gasteiger partial charge in [-0.3, -0.25) is 0 Å². The number of urea groups is 1. The summed E-state index contributed by atoms with van der Waals surface area (Å²) in [6.45, 7) is 7.62. The fourth-order valence-electron chi connectivity index (χ4n) is 3.32. The number of nitrogens with two attached hydrogens (primary N) is 1. The van der Waals surface area contributed by atoms with Crippen LogP contribution in [0.3, 0.4) is 0 Å². The van der Waals surface area contributed by atoms with Gasteiger partial charge in [-0.05, 0) is 32.9 Å². The first-order valence-corrected chi connectivity index (χ1v) is 10.4. The van der Waals surface area contributed by atoms with Crippen molar-refractivity contribution in [3.05, 3.63) is 24.0 Å². The molecule has 0 aliphatic rings. The minimum atomic E-state index is -0.228. The van der Waals surface area contributed by atoms with Crippen LogP contribution in [-0.4, -0.2) is 58.1 Å². The first kappa shape index (κ1) is 22.6. The van der Waals surface area contributed by atoms with Crippen molar-refractivity contribution in [2.75, 3.05) is 32.1 Å². The first-order chi connectivity index (χ1) is 14.9. The van der Waals surface area contributed by atoms with Gasteiger partial charge in [0, 0.05) is 30.6 Å². The highest BCUT2D eigenvalue weighted by Gasteiger charge is 2.17. The first-order valence-electron chi connectivity index (χ1n) is 10.4. The number of hydrogen-bond donors (Lipinski definition) is 4. The van der Waals surface area contributed by atoms with E-state index in [0.717, 1.165) is 10.9 Å². The Bertz CT molecular complexity index is 1050. The summed E-state index contributed by atoms with van der Waals surface area (Å²) in [5.41, 5.74) is 8.25. The molecule has 0 atom stereocenters. The van der Waals surface area contributed by atoms with Gasteiger partial charge in [0.05, 0.1) is 24.2 Å². The molecule has 0 aliphatic carbocycles. The summed E-state index contributed by atoms with van der Waals surface area (Å²) in [5, 5.41) is 15.9. The van der Waals surface area contributed by atoms with Crippen molar-refractivity contribution >= 4 is 33.8 Å². The lowest BCUT2D eigenvalue weighted by Crippen LogP contribution is -2.41. The Hall–Kier alpha value is -3.11. The number of rotatable bonds is 10.